The van der Waals surface area contributed by atoms with Gasteiger partial charge in [0.1, 0.15) is 5.56 Å². The molecule has 0 amide bonds. The number of aromatic carboxylic acids is 1. The highest BCUT2D eigenvalue weighted by Gasteiger charge is 2.21. The molecule has 0 saturated carbocycles. The maximum absolute atomic E-state index is 11.3. The lowest BCUT2D eigenvalue weighted by Gasteiger charge is -2.05. The van der Waals surface area contributed by atoms with Crippen LogP contribution in [-0.4, -0.2) is 25.8 Å². The fourth-order valence-corrected chi connectivity index (χ4v) is 2.02. The van der Waals surface area contributed by atoms with Crippen LogP contribution >= 0.6 is 0 Å². The van der Waals surface area contributed by atoms with Crippen molar-refractivity contribution in [3.05, 3.63) is 41.5 Å². The molecule has 0 unspecified atom stereocenters. The molecule has 0 aliphatic rings. The number of hydrogen-bond donors (Lipinski definition) is 1. The van der Waals surface area contributed by atoms with Crippen molar-refractivity contribution >= 4 is 5.97 Å². The van der Waals surface area contributed by atoms with Gasteiger partial charge in [0.25, 0.3) is 0 Å². The molecule has 5 nitrogen and oxygen atoms in total. The summed E-state index contributed by atoms with van der Waals surface area (Å²) in [5.74, 6) is -0.913. The standard InChI is InChI=1S/C13H15N3O2/c1-3-10-12(13(17)18)11(4-2)16(15-10)9-5-7-14-8-6-9/h5-8H,3-4H2,1-2H3,(H,17,18). The maximum atomic E-state index is 11.3. The molecule has 0 saturated heterocycles. The van der Waals surface area contributed by atoms with Crippen LogP contribution in [0.4, 0.5) is 0 Å². The number of carboxylic acid groups (broad SMARTS) is 1. The zero-order chi connectivity index (χ0) is 13.1. The molecule has 0 bridgehead atoms. The number of pyridine rings is 1. The molecule has 2 aromatic rings. The van der Waals surface area contributed by atoms with Crippen molar-refractivity contribution in [3.63, 3.8) is 0 Å². The van der Waals surface area contributed by atoms with Gasteiger partial charge in [-0.25, -0.2) is 9.48 Å². The van der Waals surface area contributed by atoms with Crippen molar-refractivity contribution in [1.29, 1.82) is 0 Å². The molecule has 1 N–H and O–H groups in total. The van der Waals surface area contributed by atoms with Crippen molar-refractivity contribution in [3.8, 4) is 5.69 Å². The van der Waals surface area contributed by atoms with E-state index in [0.29, 0.717) is 24.1 Å². The van der Waals surface area contributed by atoms with Crippen molar-refractivity contribution in [1.82, 2.24) is 14.8 Å². The Bertz CT molecular complexity index is 561. The van der Waals surface area contributed by atoms with E-state index < -0.39 is 5.97 Å². The Kier molecular flexibility index (Phi) is 3.41. The predicted octanol–water partition coefficient (Wildman–Crippen LogP) is 2.09. The lowest BCUT2D eigenvalue weighted by Crippen LogP contribution is -2.06. The molecule has 0 atom stereocenters. The third kappa shape index (κ3) is 1.99. The van der Waals surface area contributed by atoms with Gasteiger partial charge in [-0.15, -0.1) is 0 Å². The monoisotopic (exact) mass is 245 g/mol. The summed E-state index contributed by atoms with van der Waals surface area (Å²) in [6, 6.07) is 3.63. The molecule has 18 heavy (non-hydrogen) atoms. The summed E-state index contributed by atoms with van der Waals surface area (Å²) in [4.78, 5) is 15.3. The second-order valence-corrected chi connectivity index (χ2v) is 3.90. The first-order valence-corrected chi connectivity index (χ1v) is 5.93. The van der Waals surface area contributed by atoms with Crippen molar-refractivity contribution < 1.29 is 9.90 Å². The average Bonchev–Trinajstić information content (AvgIpc) is 2.78. The summed E-state index contributed by atoms with van der Waals surface area (Å²) < 4.78 is 1.70. The fraction of sp³-hybridized carbons (Fsp3) is 0.308. The van der Waals surface area contributed by atoms with E-state index >= 15 is 0 Å². The van der Waals surface area contributed by atoms with Gasteiger partial charge in [0.2, 0.25) is 0 Å². The molecule has 0 radical (unpaired) electrons. The molecular weight excluding hydrogens is 230 g/mol. The van der Waals surface area contributed by atoms with E-state index in [4.69, 9.17) is 0 Å². The van der Waals surface area contributed by atoms with Gasteiger partial charge in [-0.1, -0.05) is 13.8 Å². The summed E-state index contributed by atoms with van der Waals surface area (Å²) in [5.41, 5.74) is 2.52. The van der Waals surface area contributed by atoms with E-state index in [1.807, 2.05) is 26.0 Å². The Morgan fingerprint density at radius 2 is 1.94 bits per heavy atom. The number of aromatic nitrogens is 3. The highest BCUT2D eigenvalue weighted by molar-refractivity contribution is 5.90. The minimum atomic E-state index is -0.913. The Hall–Kier alpha value is -2.17. The van der Waals surface area contributed by atoms with Gasteiger partial charge >= 0.3 is 5.97 Å². The first-order valence-electron chi connectivity index (χ1n) is 5.93. The summed E-state index contributed by atoms with van der Waals surface area (Å²) >= 11 is 0. The molecule has 2 heterocycles. The molecule has 0 fully saturated rings. The molecular formula is C13H15N3O2. The van der Waals surface area contributed by atoms with Crippen LogP contribution in [0.1, 0.15) is 35.6 Å². The van der Waals surface area contributed by atoms with Crippen LogP contribution in [0.5, 0.6) is 0 Å². The fourth-order valence-electron chi connectivity index (χ4n) is 2.02. The van der Waals surface area contributed by atoms with Crippen LogP contribution in [0.25, 0.3) is 5.69 Å². The second-order valence-electron chi connectivity index (χ2n) is 3.90. The lowest BCUT2D eigenvalue weighted by atomic mass is 10.1. The zero-order valence-corrected chi connectivity index (χ0v) is 10.4. The highest BCUT2D eigenvalue weighted by Crippen LogP contribution is 2.20. The van der Waals surface area contributed by atoms with Crippen LogP contribution in [0.2, 0.25) is 0 Å². The van der Waals surface area contributed by atoms with E-state index in [2.05, 4.69) is 10.1 Å². The predicted molar refractivity (Wildman–Crippen MR) is 67.1 cm³/mol. The summed E-state index contributed by atoms with van der Waals surface area (Å²) in [6.45, 7) is 3.84. The molecule has 94 valence electrons. The molecule has 5 heteroatoms. The number of carbonyl (C=O) groups is 1. The first-order chi connectivity index (χ1) is 8.69. The van der Waals surface area contributed by atoms with Gasteiger partial charge in [0.15, 0.2) is 0 Å². The molecule has 0 aliphatic heterocycles. The topological polar surface area (TPSA) is 68.0 Å². The summed E-state index contributed by atoms with van der Waals surface area (Å²) in [5, 5.41) is 13.7. The van der Waals surface area contributed by atoms with Crippen LogP contribution in [0.15, 0.2) is 24.5 Å². The molecule has 2 aromatic heterocycles. The third-order valence-electron chi connectivity index (χ3n) is 2.84. The molecule has 0 aromatic carbocycles. The summed E-state index contributed by atoms with van der Waals surface area (Å²) in [6.07, 6.45) is 4.56. The van der Waals surface area contributed by atoms with Gasteiger partial charge in [0.05, 0.1) is 17.1 Å². The van der Waals surface area contributed by atoms with E-state index in [1.54, 1.807) is 17.1 Å². The van der Waals surface area contributed by atoms with Crippen LogP contribution in [-0.2, 0) is 12.8 Å². The van der Waals surface area contributed by atoms with Crippen molar-refractivity contribution in [2.75, 3.05) is 0 Å². The van der Waals surface area contributed by atoms with Gasteiger partial charge < -0.3 is 5.11 Å². The molecule has 0 spiro atoms. The largest absolute Gasteiger partial charge is 0.478 e. The van der Waals surface area contributed by atoms with E-state index in [9.17, 15) is 9.90 Å². The van der Waals surface area contributed by atoms with E-state index in [0.717, 1.165) is 11.4 Å². The minimum Gasteiger partial charge on any atom is -0.478 e. The Balaban J connectivity index is 2.65. The SMILES string of the molecule is CCc1nn(-c2ccncc2)c(CC)c1C(=O)O. The summed E-state index contributed by atoms with van der Waals surface area (Å²) in [7, 11) is 0. The smallest absolute Gasteiger partial charge is 0.339 e. The number of aryl methyl sites for hydroxylation is 1. The highest BCUT2D eigenvalue weighted by atomic mass is 16.4. The van der Waals surface area contributed by atoms with Crippen LogP contribution < -0.4 is 0 Å². The Morgan fingerprint density at radius 3 is 2.44 bits per heavy atom. The Labute approximate surface area is 105 Å². The number of nitrogens with zero attached hydrogens (tertiary/aromatic N) is 3. The van der Waals surface area contributed by atoms with Gasteiger partial charge in [-0.05, 0) is 25.0 Å². The normalized spacial score (nSPS) is 10.6. The van der Waals surface area contributed by atoms with Crippen LogP contribution in [0, 0.1) is 0 Å². The van der Waals surface area contributed by atoms with Crippen LogP contribution in [0.3, 0.4) is 0 Å². The van der Waals surface area contributed by atoms with Gasteiger partial charge in [-0.2, -0.15) is 5.10 Å². The quantitative estimate of drug-likeness (QED) is 0.895. The van der Waals surface area contributed by atoms with Crippen molar-refractivity contribution in [2.45, 2.75) is 26.7 Å². The van der Waals surface area contributed by atoms with E-state index in [-0.39, 0.29) is 0 Å². The third-order valence-corrected chi connectivity index (χ3v) is 2.84. The number of rotatable bonds is 4. The second kappa shape index (κ2) is 5.00. The van der Waals surface area contributed by atoms with Crippen molar-refractivity contribution in [2.24, 2.45) is 0 Å². The zero-order valence-electron chi connectivity index (χ0n) is 10.4. The number of hydrogen-bond acceptors (Lipinski definition) is 3. The first kappa shape index (κ1) is 12.3. The van der Waals surface area contributed by atoms with Gasteiger partial charge in [0, 0.05) is 12.4 Å². The van der Waals surface area contributed by atoms with Gasteiger partial charge in [-0.3, -0.25) is 4.98 Å². The minimum absolute atomic E-state index is 0.330. The van der Waals surface area contributed by atoms with E-state index in [1.165, 1.54) is 0 Å². The Morgan fingerprint density at radius 1 is 1.28 bits per heavy atom. The lowest BCUT2D eigenvalue weighted by molar-refractivity contribution is 0.0694. The molecule has 0 aliphatic carbocycles. The number of carboxylic acids is 1. The average molecular weight is 245 g/mol. The molecule has 2 rings (SSSR count). The maximum Gasteiger partial charge on any atom is 0.339 e.